The van der Waals surface area contributed by atoms with Gasteiger partial charge in [-0.3, -0.25) is 0 Å². The van der Waals surface area contributed by atoms with E-state index in [-0.39, 0.29) is 35.0 Å². The molecule has 0 saturated heterocycles. The minimum Gasteiger partial charge on any atom is -0.492 e. The van der Waals surface area contributed by atoms with Gasteiger partial charge in [-0.25, -0.2) is 4.79 Å². The topological polar surface area (TPSA) is 144 Å². The molecule has 0 aliphatic carbocycles. The predicted molar refractivity (Wildman–Crippen MR) is 86.6 cm³/mol. The molecular weight excluding hydrogens is 344 g/mol. The lowest BCUT2D eigenvalue weighted by Crippen LogP contribution is -2.07. The third-order valence-electron chi connectivity index (χ3n) is 3.70. The molecule has 3 rings (SSSR count). The number of benzene rings is 1. The highest BCUT2D eigenvalue weighted by atomic mass is 16.5. The summed E-state index contributed by atoms with van der Waals surface area (Å²) in [7, 11) is 4.32. The van der Waals surface area contributed by atoms with E-state index in [9.17, 15) is 10.1 Å². The Kier molecular flexibility index (Phi) is 4.57. The van der Waals surface area contributed by atoms with Crippen molar-refractivity contribution < 1.29 is 23.7 Å². The summed E-state index contributed by atoms with van der Waals surface area (Å²) in [6.07, 6.45) is 1.33. The summed E-state index contributed by atoms with van der Waals surface area (Å²) in [5, 5.41) is 25.3. The highest BCUT2D eigenvalue weighted by Crippen LogP contribution is 2.50. The Morgan fingerprint density at radius 3 is 2.58 bits per heavy atom. The number of methoxy groups -OCH3 is 3. The number of rotatable bonds is 6. The lowest BCUT2D eigenvalue weighted by molar-refractivity contribution is 0.0534. The van der Waals surface area contributed by atoms with Gasteiger partial charge in [-0.1, -0.05) is 0 Å². The number of hydrogen-bond donors (Lipinski definition) is 2. The van der Waals surface area contributed by atoms with E-state index in [4.69, 9.17) is 18.9 Å². The van der Waals surface area contributed by atoms with Crippen molar-refractivity contribution in [2.75, 3.05) is 26.6 Å². The monoisotopic (exact) mass is 358 g/mol. The van der Waals surface area contributed by atoms with E-state index in [1.807, 2.05) is 6.07 Å². The maximum absolute atomic E-state index is 12.2. The SMILES string of the molecule is COc1c2c(c(NC=C(C#N)c3nn[nH]n3)c(OC)c1OC)C(=O)OC2. The zero-order valence-corrected chi connectivity index (χ0v) is 14.1. The lowest BCUT2D eigenvalue weighted by Gasteiger charge is -2.18. The van der Waals surface area contributed by atoms with Crippen molar-refractivity contribution in [2.45, 2.75) is 6.61 Å². The second-order valence-corrected chi connectivity index (χ2v) is 4.95. The quantitative estimate of drug-likeness (QED) is 0.563. The number of H-pyrrole nitrogens is 1. The summed E-state index contributed by atoms with van der Waals surface area (Å²) < 4.78 is 21.3. The van der Waals surface area contributed by atoms with Crippen LogP contribution in [0, 0.1) is 11.3 Å². The van der Waals surface area contributed by atoms with Gasteiger partial charge in [0.05, 0.1) is 32.5 Å². The van der Waals surface area contributed by atoms with Crippen molar-refractivity contribution in [3.63, 3.8) is 0 Å². The Morgan fingerprint density at radius 1 is 1.27 bits per heavy atom. The Balaban J connectivity index is 2.16. The fraction of sp³-hybridized carbons (Fsp3) is 0.267. The molecule has 0 bridgehead atoms. The molecule has 0 spiro atoms. The van der Waals surface area contributed by atoms with E-state index < -0.39 is 5.97 Å². The number of tetrazole rings is 1. The van der Waals surface area contributed by atoms with Crippen LogP contribution in [0.5, 0.6) is 17.2 Å². The number of esters is 1. The molecule has 11 heteroatoms. The van der Waals surface area contributed by atoms with Gasteiger partial charge in [0.15, 0.2) is 11.5 Å². The molecule has 26 heavy (non-hydrogen) atoms. The summed E-state index contributed by atoms with van der Waals surface area (Å²) in [6.45, 7) is 0.0338. The van der Waals surface area contributed by atoms with Gasteiger partial charge in [-0.05, 0) is 5.21 Å². The van der Waals surface area contributed by atoms with E-state index in [1.54, 1.807) is 0 Å². The van der Waals surface area contributed by atoms with E-state index in [1.165, 1.54) is 27.5 Å². The van der Waals surface area contributed by atoms with Crippen molar-refractivity contribution in [2.24, 2.45) is 0 Å². The number of nitrogens with one attached hydrogen (secondary N) is 2. The molecule has 0 unspecified atom stereocenters. The minimum atomic E-state index is -0.548. The van der Waals surface area contributed by atoms with Crippen molar-refractivity contribution >= 4 is 17.2 Å². The second kappa shape index (κ2) is 6.98. The molecule has 2 N–H and O–H groups in total. The first-order chi connectivity index (χ1) is 12.7. The summed E-state index contributed by atoms with van der Waals surface area (Å²) in [5.41, 5.74) is 1.12. The largest absolute Gasteiger partial charge is 0.492 e. The van der Waals surface area contributed by atoms with Gasteiger partial charge in [0.1, 0.15) is 23.9 Å². The number of carbonyl (C=O) groups is 1. The number of fused-ring (bicyclic) bond motifs is 1. The molecule has 2 aromatic rings. The van der Waals surface area contributed by atoms with Crippen LogP contribution in [-0.4, -0.2) is 47.9 Å². The van der Waals surface area contributed by atoms with Crippen LogP contribution >= 0.6 is 0 Å². The molecule has 1 aliphatic rings. The first-order valence-electron chi connectivity index (χ1n) is 7.28. The van der Waals surface area contributed by atoms with Crippen molar-refractivity contribution in [1.82, 2.24) is 20.6 Å². The molecule has 1 aromatic carbocycles. The molecule has 11 nitrogen and oxygen atoms in total. The van der Waals surface area contributed by atoms with Gasteiger partial charge < -0.3 is 24.3 Å². The zero-order chi connectivity index (χ0) is 18.7. The van der Waals surface area contributed by atoms with Crippen LogP contribution < -0.4 is 19.5 Å². The number of aromatic amines is 1. The molecule has 0 radical (unpaired) electrons. The number of cyclic esters (lactones) is 1. The van der Waals surface area contributed by atoms with E-state index in [2.05, 4.69) is 25.9 Å². The highest BCUT2D eigenvalue weighted by Gasteiger charge is 2.35. The maximum atomic E-state index is 12.2. The van der Waals surface area contributed by atoms with E-state index in [0.717, 1.165) is 0 Å². The first kappa shape index (κ1) is 17.0. The Labute approximate surface area is 147 Å². The van der Waals surface area contributed by atoms with Crippen LogP contribution in [0.1, 0.15) is 21.7 Å². The maximum Gasteiger partial charge on any atom is 0.341 e. The molecule has 0 atom stereocenters. The smallest absolute Gasteiger partial charge is 0.341 e. The number of anilines is 1. The fourth-order valence-electron chi connectivity index (χ4n) is 2.61. The van der Waals surface area contributed by atoms with Gasteiger partial charge in [-0.2, -0.15) is 10.5 Å². The molecule has 2 heterocycles. The molecule has 1 aromatic heterocycles. The Bertz CT molecular complexity index is 916. The molecule has 0 fully saturated rings. The van der Waals surface area contributed by atoms with Crippen molar-refractivity contribution in [3.8, 4) is 23.3 Å². The number of carbonyl (C=O) groups excluding carboxylic acids is 1. The fourth-order valence-corrected chi connectivity index (χ4v) is 2.61. The highest BCUT2D eigenvalue weighted by molar-refractivity contribution is 6.03. The van der Waals surface area contributed by atoms with Crippen LogP contribution in [0.3, 0.4) is 0 Å². The normalized spacial score (nSPS) is 12.8. The number of nitriles is 1. The van der Waals surface area contributed by atoms with E-state index in [0.29, 0.717) is 17.1 Å². The lowest BCUT2D eigenvalue weighted by atomic mass is 10.0. The average molecular weight is 358 g/mol. The van der Waals surface area contributed by atoms with Crippen molar-refractivity contribution in [3.05, 3.63) is 23.2 Å². The van der Waals surface area contributed by atoms with Gasteiger partial charge in [-0.15, -0.1) is 10.2 Å². The third-order valence-corrected chi connectivity index (χ3v) is 3.70. The summed E-state index contributed by atoms with van der Waals surface area (Å²) in [6, 6.07) is 1.94. The van der Waals surface area contributed by atoms with Crippen LogP contribution in [0.25, 0.3) is 5.57 Å². The van der Waals surface area contributed by atoms with Crippen LogP contribution in [0.2, 0.25) is 0 Å². The van der Waals surface area contributed by atoms with Gasteiger partial charge in [0.2, 0.25) is 11.6 Å². The minimum absolute atomic E-state index is 0.0338. The van der Waals surface area contributed by atoms with Gasteiger partial charge >= 0.3 is 5.97 Å². The Hall–Kier alpha value is -3.81. The number of aromatic nitrogens is 4. The molecule has 0 amide bonds. The second-order valence-electron chi connectivity index (χ2n) is 4.95. The number of hydrogen-bond acceptors (Lipinski definition) is 10. The predicted octanol–water partition coefficient (Wildman–Crippen LogP) is 0.872. The molecular formula is C15H14N6O5. The summed E-state index contributed by atoms with van der Waals surface area (Å²) in [5.74, 6) is 0.412. The number of nitrogens with zero attached hydrogens (tertiary/aromatic N) is 4. The summed E-state index contributed by atoms with van der Waals surface area (Å²) >= 11 is 0. The molecule has 134 valence electrons. The third kappa shape index (κ3) is 2.63. The van der Waals surface area contributed by atoms with Crippen LogP contribution in [0.4, 0.5) is 5.69 Å². The Morgan fingerprint density at radius 2 is 2.00 bits per heavy atom. The number of allylic oxidation sites excluding steroid dienone is 1. The average Bonchev–Trinajstić information content (AvgIpc) is 3.31. The van der Waals surface area contributed by atoms with Gasteiger partial charge in [0, 0.05) is 6.20 Å². The zero-order valence-electron chi connectivity index (χ0n) is 14.1. The molecule has 0 saturated carbocycles. The number of ether oxygens (including phenoxy) is 4. The first-order valence-corrected chi connectivity index (χ1v) is 7.28. The van der Waals surface area contributed by atoms with Crippen molar-refractivity contribution in [1.29, 1.82) is 5.26 Å². The van der Waals surface area contributed by atoms with Crippen LogP contribution in [-0.2, 0) is 11.3 Å². The van der Waals surface area contributed by atoms with Gasteiger partial charge in [0.25, 0.3) is 0 Å². The van der Waals surface area contributed by atoms with Crippen LogP contribution in [0.15, 0.2) is 6.20 Å². The standard InChI is InChI=1S/C15H14N6O5/c1-23-11-8-6-26-15(22)9(8)10(12(24-2)13(11)25-3)17-5-7(4-16)14-18-20-21-19-14/h5,17H,6H2,1-3H3,(H,18,19,20,21). The van der Waals surface area contributed by atoms with E-state index >= 15 is 0 Å². The summed E-state index contributed by atoms with van der Waals surface area (Å²) in [4.78, 5) is 12.2. The molecule has 1 aliphatic heterocycles.